The highest BCUT2D eigenvalue weighted by atomic mass is 32.2. The summed E-state index contributed by atoms with van der Waals surface area (Å²) in [6.45, 7) is 0. The minimum absolute atomic E-state index is 0.0347. The van der Waals surface area contributed by atoms with Crippen molar-refractivity contribution < 1.29 is 22.1 Å². The van der Waals surface area contributed by atoms with Crippen LogP contribution in [0.5, 0.6) is 11.5 Å². The highest BCUT2D eigenvalue weighted by Crippen LogP contribution is 2.38. The summed E-state index contributed by atoms with van der Waals surface area (Å²) < 4.78 is 36.1. The van der Waals surface area contributed by atoms with Gasteiger partial charge in [0.15, 0.2) is 16.7 Å². The van der Waals surface area contributed by atoms with E-state index in [1.807, 2.05) is 60.7 Å². The molecule has 0 aromatic heterocycles. The first-order valence-electron chi connectivity index (χ1n) is 11.5. The molecule has 0 aliphatic carbocycles. The molecule has 1 saturated heterocycles. The van der Waals surface area contributed by atoms with Gasteiger partial charge in [-0.25, -0.2) is 4.99 Å². The normalized spacial score (nSPS) is 15.7. The summed E-state index contributed by atoms with van der Waals surface area (Å²) in [5, 5.41) is 0.527. The summed E-state index contributed by atoms with van der Waals surface area (Å²) in [6.07, 6.45) is 1.72. The molecule has 5 rings (SSSR count). The number of amidine groups is 1. The number of methoxy groups -OCH3 is 1. The quantitative estimate of drug-likeness (QED) is 0.202. The molecule has 0 radical (unpaired) electrons. The number of nitrogens with zero attached hydrogens (tertiary/aromatic N) is 2. The molecular weight excluding hydrogens is 520 g/mol. The number of carbonyl (C=O) groups is 1. The highest BCUT2D eigenvalue weighted by Gasteiger charge is 2.34. The zero-order valence-electron chi connectivity index (χ0n) is 20.2. The lowest BCUT2D eigenvalue weighted by Crippen LogP contribution is -2.28. The topological polar surface area (TPSA) is 85.3 Å². The molecule has 1 amide bonds. The predicted octanol–water partition coefficient (Wildman–Crippen LogP) is 6.27. The monoisotopic (exact) mass is 542 g/mol. The van der Waals surface area contributed by atoms with Crippen molar-refractivity contribution in [3.8, 4) is 11.5 Å². The van der Waals surface area contributed by atoms with E-state index in [0.717, 1.165) is 5.69 Å². The Labute approximate surface area is 225 Å². The van der Waals surface area contributed by atoms with Crippen molar-refractivity contribution in [2.75, 3.05) is 12.0 Å². The fourth-order valence-electron chi connectivity index (χ4n) is 3.71. The standard InChI is InChI=1S/C29H22N2O5S2/c1-35-26-19-21(17-18-25(26)36-38(33,34)24-15-9-4-10-16-24)20-27-28(32)31(23-13-7-3-8-14-23)29(37-27)30-22-11-5-2-6-12-22/h2-20H,1H3/b27-20+,30-29?. The van der Waals surface area contributed by atoms with Gasteiger partial charge in [-0.1, -0.05) is 60.7 Å². The van der Waals surface area contributed by atoms with E-state index >= 15 is 0 Å². The number of ether oxygens (including phenoxy) is 1. The summed E-state index contributed by atoms with van der Waals surface area (Å²) >= 11 is 1.26. The maximum atomic E-state index is 13.5. The number of thioether (sulfide) groups is 1. The van der Waals surface area contributed by atoms with Gasteiger partial charge in [-0.05, 0) is 71.9 Å². The van der Waals surface area contributed by atoms with E-state index in [9.17, 15) is 13.2 Å². The minimum Gasteiger partial charge on any atom is -0.493 e. The number of para-hydroxylation sites is 2. The molecule has 0 unspecified atom stereocenters. The van der Waals surface area contributed by atoms with Crippen molar-refractivity contribution >= 4 is 50.4 Å². The Morgan fingerprint density at radius 1 is 0.816 bits per heavy atom. The average Bonchev–Trinajstić information content (AvgIpc) is 3.24. The summed E-state index contributed by atoms with van der Waals surface area (Å²) in [6, 6.07) is 31.4. The highest BCUT2D eigenvalue weighted by molar-refractivity contribution is 8.19. The van der Waals surface area contributed by atoms with Gasteiger partial charge in [0.25, 0.3) is 5.91 Å². The van der Waals surface area contributed by atoms with Crippen molar-refractivity contribution in [2.45, 2.75) is 4.90 Å². The molecule has 9 heteroatoms. The number of amides is 1. The van der Waals surface area contributed by atoms with Crippen LogP contribution in [0.1, 0.15) is 5.56 Å². The summed E-state index contributed by atoms with van der Waals surface area (Å²) in [5.41, 5.74) is 2.07. The molecule has 190 valence electrons. The SMILES string of the molecule is COc1cc(/C=C2/SC(=Nc3ccccc3)N(c3ccccc3)C2=O)ccc1OS(=O)(=O)c1ccccc1. The molecule has 4 aromatic carbocycles. The van der Waals surface area contributed by atoms with Crippen molar-refractivity contribution in [2.24, 2.45) is 4.99 Å². The van der Waals surface area contributed by atoms with Gasteiger partial charge in [0.1, 0.15) is 4.90 Å². The number of aliphatic imine (C=N–C) groups is 1. The molecule has 1 aliphatic rings. The molecule has 38 heavy (non-hydrogen) atoms. The maximum Gasteiger partial charge on any atom is 0.339 e. The van der Waals surface area contributed by atoms with Gasteiger partial charge in [-0.2, -0.15) is 8.42 Å². The number of carbonyl (C=O) groups excluding carboxylic acids is 1. The van der Waals surface area contributed by atoms with Crippen LogP contribution in [-0.4, -0.2) is 26.6 Å². The second kappa shape index (κ2) is 11.0. The molecule has 0 atom stereocenters. The Morgan fingerprint density at radius 2 is 1.45 bits per heavy atom. The number of anilines is 1. The van der Waals surface area contributed by atoms with Crippen LogP contribution in [-0.2, 0) is 14.9 Å². The molecule has 1 fully saturated rings. The second-order valence-electron chi connectivity index (χ2n) is 8.08. The van der Waals surface area contributed by atoms with Crippen molar-refractivity contribution in [3.05, 3.63) is 120 Å². The molecule has 0 spiro atoms. The second-order valence-corrected chi connectivity index (χ2v) is 10.6. The predicted molar refractivity (Wildman–Crippen MR) is 150 cm³/mol. The van der Waals surface area contributed by atoms with Crippen LogP contribution in [0, 0.1) is 0 Å². The Morgan fingerprint density at radius 3 is 2.11 bits per heavy atom. The van der Waals surface area contributed by atoms with Crippen LogP contribution in [0.15, 0.2) is 124 Å². The third-order valence-electron chi connectivity index (χ3n) is 5.52. The molecule has 1 heterocycles. The van der Waals surface area contributed by atoms with E-state index in [4.69, 9.17) is 13.9 Å². The molecule has 4 aromatic rings. The first-order valence-corrected chi connectivity index (χ1v) is 13.8. The molecule has 0 N–H and O–H groups in total. The lowest BCUT2D eigenvalue weighted by molar-refractivity contribution is -0.113. The minimum atomic E-state index is -4.04. The third-order valence-corrected chi connectivity index (χ3v) is 7.74. The Bertz CT molecular complexity index is 1620. The van der Waals surface area contributed by atoms with E-state index in [1.54, 1.807) is 41.3 Å². The van der Waals surface area contributed by atoms with E-state index in [0.29, 0.717) is 21.3 Å². The van der Waals surface area contributed by atoms with Gasteiger partial charge >= 0.3 is 10.1 Å². The maximum absolute atomic E-state index is 13.5. The number of rotatable bonds is 7. The van der Waals surface area contributed by atoms with Gasteiger partial charge in [0.05, 0.1) is 23.4 Å². The Kier molecular flexibility index (Phi) is 7.30. The van der Waals surface area contributed by atoms with Crippen LogP contribution in [0.3, 0.4) is 0 Å². The Hall–Kier alpha value is -4.34. The first kappa shape index (κ1) is 25.3. The van der Waals surface area contributed by atoms with Crippen LogP contribution in [0.4, 0.5) is 11.4 Å². The van der Waals surface area contributed by atoms with Gasteiger partial charge < -0.3 is 8.92 Å². The van der Waals surface area contributed by atoms with Crippen molar-refractivity contribution in [3.63, 3.8) is 0 Å². The van der Waals surface area contributed by atoms with E-state index < -0.39 is 10.1 Å². The smallest absolute Gasteiger partial charge is 0.339 e. The Balaban J connectivity index is 1.47. The van der Waals surface area contributed by atoms with E-state index in [1.165, 1.54) is 37.1 Å². The molecule has 1 aliphatic heterocycles. The first-order chi connectivity index (χ1) is 18.4. The molecule has 7 nitrogen and oxygen atoms in total. The number of hydrogen-bond acceptors (Lipinski definition) is 7. The largest absolute Gasteiger partial charge is 0.493 e. The summed E-state index contributed by atoms with van der Waals surface area (Å²) in [7, 11) is -2.62. The van der Waals surface area contributed by atoms with Gasteiger partial charge in [0, 0.05) is 0 Å². The van der Waals surface area contributed by atoms with Crippen LogP contribution < -0.4 is 13.8 Å². The van der Waals surface area contributed by atoms with Gasteiger partial charge in [0.2, 0.25) is 0 Å². The van der Waals surface area contributed by atoms with Gasteiger partial charge in [-0.15, -0.1) is 0 Å². The van der Waals surface area contributed by atoms with E-state index in [2.05, 4.69) is 0 Å². The van der Waals surface area contributed by atoms with E-state index in [-0.39, 0.29) is 22.3 Å². The number of benzene rings is 4. The fraction of sp³-hybridized carbons (Fsp3) is 0.0345. The molecule has 0 saturated carbocycles. The van der Waals surface area contributed by atoms with Crippen molar-refractivity contribution in [1.82, 2.24) is 0 Å². The zero-order chi connectivity index (χ0) is 26.5. The summed E-state index contributed by atoms with van der Waals surface area (Å²) in [4.78, 5) is 20.3. The lowest BCUT2D eigenvalue weighted by atomic mass is 10.2. The van der Waals surface area contributed by atoms with Gasteiger partial charge in [-0.3, -0.25) is 9.69 Å². The summed E-state index contributed by atoms with van der Waals surface area (Å²) in [5.74, 6) is 0.0374. The van der Waals surface area contributed by atoms with Crippen LogP contribution >= 0.6 is 11.8 Å². The average molecular weight is 543 g/mol. The van der Waals surface area contributed by atoms with Crippen LogP contribution in [0.25, 0.3) is 6.08 Å². The number of hydrogen-bond donors (Lipinski definition) is 0. The van der Waals surface area contributed by atoms with Crippen molar-refractivity contribution in [1.29, 1.82) is 0 Å². The molecule has 0 bridgehead atoms. The zero-order valence-corrected chi connectivity index (χ0v) is 21.9. The molecular formula is C29H22N2O5S2. The lowest BCUT2D eigenvalue weighted by Gasteiger charge is -2.15. The fourth-order valence-corrected chi connectivity index (χ4v) is 5.68. The van der Waals surface area contributed by atoms with Crippen LogP contribution in [0.2, 0.25) is 0 Å². The third kappa shape index (κ3) is 5.49.